The smallest absolute Gasteiger partial charge is 0.247 e. The lowest BCUT2D eigenvalue weighted by atomic mass is 9.84. The Balaban J connectivity index is 1.72. The molecule has 0 radical (unpaired) electrons. The summed E-state index contributed by atoms with van der Waals surface area (Å²) in [6.07, 6.45) is 3.31. The Labute approximate surface area is 157 Å². The van der Waals surface area contributed by atoms with Crippen LogP contribution in [0.15, 0.2) is 30.6 Å². The Hall–Kier alpha value is -1.99. The van der Waals surface area contributed by atoms with E-state index in [-0.39, 0.29) is 11.8 Å². The van der Waals surface area contributed by atoms with Crippen LogP contribution in [-0.2, 0) is 10.4 Å². The minimum absolute atomic E-state index is 0.00445. The molecule has 140 valence electrons. The van der Waals surface area contributed by atoms with Gasteiger partial charge in [-0.2, -0.15) is 0 Å². The minimum atomic E-state index is -0.929. The van der Waals surface area contributed by atoms with Crippen molar-refractivity contribution >= 4 is 17.5 Å². The van der Waals surface area contributed by atoms with Gasteiger partial charge >= 0.3 is 0 Å². The Morgan fingerprint density at radius 2 is 1.96 bits per heavy atom. The van der Waals surface area contributed by atoms with E-state index < -0.39 is 11.6 Å². The molecular formula is C18H24ClN5O2. The van der Waals surface area contributed by atoms with Crippen molar-refractivity contribution in [1.29, 1.82) is 0 Å². The number of nitrogens with zero attached hydrogens (tertiary/aromatic N) is 5. The number of benzene rings is 1. The van der Waals surface area contributed by atoms with E-state index in [1.807, 2.05) is 30.9 Å². The van der Waals surface area contributed by atoms with Crippen LogP contribution in [0.25, 0.3) is 0 Å². The number of aromatic nitrogens is 4. The predicted molar refractivity (Wildman–Crippen MR) is 97.5 cm³/mol. The number of hydrogen-bond acceptors (Lipinski definition) is 5. The molecule has 1 aliphatic rings. The molecule has 1 amide bonds. The normalized spacial score (nSPS) is 19.2. The van der Waals surface area contributed by atoms with Crippen LogP contribution in [0.2, 0.25) is 5.02 Å². The SMILES string of the molecule is CC[C@H](C)[C@@H](C(=O)N1CCC(O)(c2ccc(Cl)cc2)CC1)n1cnnn1. The first-order valence-electron chi connectivity index (χ1n) is 8.94. The van der Waals surface area contributed by atoms with E-state index in [4.69, 9.17) is 11.6 Å². The molecule has 8 heteroatoms. The minimum Gasteiger partial charge on any atom is -0.385 e. The van der Waals surface area contributed by atoms with Gasteiger partial charge in [0.1, 0.15) is 12.4 Å². The number of carbonyl (C=O) groups is 1. The van der Waals surface area contributed by atoms with Crippen molar-refractivity contribution in [3.05, 3.63) is 41.2 Å². The molecule has 2 heterocycles. The lowest BCUT2D eigenvalue weighted by Crippen LogP contribution is -2.48. The molecule has 0 aliphatic carbocycles. The highest BCUT2D eigenvalue weighted by Crippen LogP contribution is 2.34. The third kappa shape index (κ3) is 3.73. The summed E-state index contributed by atoms with van der Waals surface area (Å²) in [4.78, 5) is 14.9. The van der Waals surface area contributed by atoms with Gasteiger partial charge in [-0.05, 0) is 46.9 Å². The van der Waals surface area contributed by atoms with E-state index in [0.29, 0.717) is 31.0 Å². The van der Waals surface area contributed by atoms with Gasteiger partial charge in [0.2, 0.25) is 5.91 Å². The van der Waals surface area contributed by atoms with Gasteiger partial charge in [0.05, 0.1) is 5.60 Å². The van der Waals surface area contributed by atoms with Crippen LogP contribution in [0.1, 0.15) is 44.7 Å². The van der Waals surface area contributed by atoms with Gasteiger partial charge in [-0.25, -0.2) is 4.68 Å². The number of likely N-dealkylation sites (tertiary alicyclic amines) is 1. The number of rotatable bonds is 5. The molecule has 1 aliphatic heterocycles. The fraction of sp³-hybridized carbons (Fsp3) is 0.556. The highest BCUT2D eigenvalue weighted by atomic mass is 35.5. The first-order valence-corrected chi connectivity index (χ1v) is 9.32. The molecule has 0 spiro atoms. The molecule has 1 aromatic heterocycles. The van der Waals surface area contributed by atoms with Gasteiger partial charge in [0.25, 0.3) is 0 Å². The maximum atomic E-state index is 13.1. The summed E-state index contributed by atoms with van der Waals surface area (Å²) in [7, 11) is 0. The summed E-state index contributed by atoms with van der Waals surface area (Å²) in [5.41, 5.74) is -0.0878. The Kier molecular flexibility index (Phi) is 5.58. The average Bonchev–Trinajstić information content (AvgIpc) is 3.17. The fourth-order valence-electron chi connectivity index (χ4n) is 3.47. The van der Waals surface area contributed by atoms with E-state index in [0.717, 1.165) is 12.0 Å². The molecule has 2 aromatic rings. The van der Waals surface area contributed by atoms with Crippen LogP contribution in [0.3, 0.4) is 0 Å². The van der Waals surface area contributed by atoms with Gasteiger partial charge in [-0.15, -0.1) is 5.10 Å². The maximum Gasteiger partial charge on any atom is 0.247 e. The van der Waals surface area contributed by atoms with Gasteiger partial charge in [0, 0.05) is 18.1 Å². The molecule has 1 fully saturated rings. The number of piperidine rings is 1. The molecule has 0 bridgehead atoms. The number of halogens is 1. The lowest BCUT2D eigenvalue weighted by Gasteiger charge is -2.40. The Morgan fingerprint density at radius 1 is 1.31 bits per heavy atom. The van der Waals surface area contributed by atoms with E-state index in [9.17, 15) is 9.90 Å². The Bertz CT molecular complexity index is 727. The van der Waals surface area contributed by atoms with Crippen LogP contribution in [0, 0.1) is 5.92 Å². The third-order valence-electron chi connectivity index (χ3n) is 5.37. The monoisotopic (exact) mass is 377 g/mol. The van der Waals surface area contributed by atoms with Gasteiger partial charge in [-0.1, -0.05) is 44.0 Å². The zero-order valence-corrected chi connectivity index (χ0v) is 15.8. The second kappa shape index (κ2) is 7.72. The molecule has 0 saturated carbocycles. The maximum absolute atomic E-state index is 13.1. The van der Waals surface area contributed by atoms with Gasteiger partial charge in [0.15, 0.2) is 0 Å². The molecule has 0 unspecified atom stereocenters. The summed E-state index contributed by atoms with van der Waals surface area (Å²) in [5.74, 6) is 0.118. The zero-order chi connectivity index (χ0) is 18.7. The molecular weight excluding hydrogens is 354 g/mol. The third-order valence-corrected chi connectivity index (χ3v) is 5.62. The van der Waals surface area contributed by atoms with Crippen molar-refractivity contribution < 1.29 is 9.90 Å². The molecule has 1 saturated heterocycles. The van der Waals surface area contributed by atoms with Gasteiger partial charge < -0.3 is 10.0 Å². The van der Waals surface area contributed by atoms with E-state index in [1.54, 1.807) is 12.1 Å². The first kappa shape index (κ1) is 18.8. The van der Waals surface area contributed by atoms with Crippen LogP contribution in [0.4, 0.5) is 0 Å². The molecule has 26 heavy (non-hydrogen) atoms. The van der Waals surface area contributed by atoms with Crippen molar-refractivity contribution in [3.8, 4) is 0 Å². The number of aliphatic hydroxyl groups is 1. The predicted octanol–water partition coefficient (Wildman–Crippen LogP) is 2.42. The molecule has 3 rings (SSSR count). The second-order valence-electron chi connectivity index (χ2n) is 6.98. The molecule has 1 N–H and O–H groups in total. The van der Waals surface area contributed by atoms with Crippen LogP contribution in [-0.4, -0.2) is 49.2 Å². The van der Waals surface area contributed by atoms with E-state index in [2.05, 4.69) is 15.5 Å². The van der Waals surface area contributed by atoms with Crippen LogP contribution < -0.4 is 0 Å². The van der Waals surface area contributed by atoms with Crippen molar-refractivity contribution in [3.63, 3.8) is 0 Å². The summed E-state index contributed by atoms with van der Waals surface area (Å²) < 4.78 is 1.54. The quantitative estimate of drug-likeness (QED) is 0.865. The topological polar surface area (TPSA) is 84.1 Å². The highest BCUT2D eigenvalue weighted by molar-refractivity contribution is 6.30. The second-order valence-corrected chi connectivity index (χ2v) is 7.42. The van der Waals surface area contributed by atoms with Gasteiger partial charge in [-0.3, -0.25) is 4.79 Å². The molecule has 2 atom stereocenters. The van der Waals surface area contributed by atoms with E-state index >= 15 is 0 Å². The molecule has 1 aromatic carbocycles. The standard InChI is InChI=1S/C18H24ClN5O2/c1-3-13(2)16(24-12-20-21-22-24)17(25)23-10-8-18(26,9-11-23)14-4-6-15(19)7-5-14/h4-7,12-13,16,26H,3,8-11H2,1-2H3/t13-,16-/m0/s1. The lowest BCUT2D eigenvalue weighted by molar-refractivity contribution is -0.141. The Morgan fingerprint density at radius 3 is 2.50 bits per heavy atom. The van der Waals surface area contributed by atoms with Crippen LogP contribution >= 0.6 is 11.6 Å². The highest BCUT2D eigenvalue weighted by Gasteiger charge is 2.38. The van der Waals surface area contributed by atoms with Crippen molar-refractivity contribution in [2.75, 3.05) is 13.1 Å². The first-order chi connectivity index (χ1) is 12.4. The number of carbonyl (C=O) groups excluding carboxylic acids is 1. The summed E-state index contributed by atoms with van der Waals surface area (Å²) in [5, 5.41) is 22.9. The zero-order valence-electron chi connectivity index (χ0n) is 15.0. The average molecular weight is 378 g/mol. The van der Waals surface area contributed by atoms with Crippen LogP contribution in [0.5, 0.6) is 0 Å². The molecule has 7 nitrogen and oxygen atoms in total. The summed E-state index contributed by atoms with van der Waals surface area (Å²) in [6.45, 7) is 5.06. The number of amides is 1. The van der Waals surface area contributed by atoms with Crippen molar-refractivity contribution in [1.82, 2.24) is 25.1 Å². The summed E-state index contributed by atoms with van der Waals surface area (Å²) in [6, 6.07) is 6.84. The number of tetrazole rings is 1. The summed E-state index contributed by atoms with van der Waals surface area (Å²) >= 11 is 5.93. The number of hydrogen-bond donors (Lipinski definition) is 1. The van der Waals surface area contributed by atoms with Crippen molar-refractivity contribution in [2.45, 2.75) is 44.8 Å². The fourth-order valence-corrected chi connectivity index (χ4v) is 3.60. The van der Waals surface area contributed by atoms with Crippen molar-refractivity contribution in [2.24, 2.45) is 5.92 Å². The largest absolute Gasteiger partial charge is 0.385 e. The van der Waals surface area contributed by atoms with E-state index in [1.165, 1.54) is 11.0 Å².